The Kier molecular flexibility index (Phi) is 4.49. The predicted molar refractivity (Wildman–Crippen MR) is 116 cm³/mol. The molecule has 0 unspecified atom stereocenters. The van der Waals surface area contributed by atoms with Gasteiger partial charge in [-0.2, -0.15) is 0 Å². The van der Waals surface area contributed by atoms with Crippen LogP contribution < -0.4 is 4.90 Å². The van der Waals surface area contributed by atoms with Crippen molar-refractivity contribution in [2.75, 3.05) is 18.6 Å². The van der Waals surface area contributed by atoms with Gasteiger partial charge in [0, 0.05) is 24.5 Å². The van der Waals surface area contributed by atoms with Crippen molar-refractivity contribution >= 4 is 11.4 Å². The van der Waals surface area contributed by atoms with Crippen molar-refractivity contribution in [1.82, 2.24) is 4.90 Å². The molecule has 0 saturated heterocycles. The molecule has 0 fully saturated rings. The summed E-state index contributed by atoms with van der Waals surface area (Å²) in [6, 6.07) is 23.8. The standard InChI is InChI=1S/C25H26N2/c1-18-10-8-9-13-23(18)27-16-24(26(4)17-27)25-19(2)14-22(15-20(25)3)21-11-6-5-7-12-21/h5-16H,17H2,1-4H3. The van der Waals surface area contributed by atoms with E-state index in [2.05, 4.69) is 111 Å². The fourth-order valence-corrected chi connectivity index (χ4v) is 4.04. The summed E-state index contributed by atoms with van der Waals surface area (Å²) in [6.45, 7) is 7.49. The van der Waals surface area contributed by atoms with Gasteiger partial charge in [0.1, 0.15) is 0 Å². The topological polar surface area (TPSA) is 6.48 Å². The molecular formula is C25H26N2. The Morgan fingerprint density at radius 3 is 2.00 bits per heavy atom. The number of hydrogen-bond donors (Lipinski definition) is 0. The average Bonchev–Trinajstić information content (AvgIpc) is 3.03. The molecule has 0 bridgehead atoms. The van der Waals surface area contributed by atoms with Crippen LogP contribution in [0.4, 0.5) is 5.69 Å². The molecule has 0 N–H and O–H groups in total. The van der Waals surface area contributed by atoms with Gasteiger partial charge in [-0.15, -0.1) is 0 Å². The van der Waals surface area contributed by atoms with E-state index in [-0.39, 0.29) is 0 Å². The second-order valence-corrected chi connectivity index (χ2v) is 7.46. The summed E-state index contributed by atoms with van der Waals surface area (Å²) in [4.78, 5) is 4.68. The van der Waals surface area contributed by atoms with Crippen molar-refractivity contribution in [2.45, 2.75) is 20.8 Å². The molecule has 0 saturated carbocycles. The van der Waals surface area contributed by atoms with E-state index in [1.54, 1.807) is 0 Å². The zero-order valence-corrected chi connectivity index (χ0v) is 16.5. The number of nitrogens with zero attached hydrogens (tertiary/aromatic N) is 2. The van der Waals surface area contributed by atoms with Gasteiger partial charge >= 0.3 is 0 Å². The van der Waals surface area contributed by atoms with Crippen LogP contribution in [0, 0.1) is 20.8 Å². The van der Waals surface area contributed by atoms with Gasteiger partial charge in [-0.25, -0.2) is 0 Å². The molecule has 1 aliphatic rings. The first-order valence-corrected chi connectivity index (χ1v) is 9.47. The summed E-state index contributed by atoms with van der Waals surface area (Å²) in [7, 11) is 2.17. The van der Waals surface area contributed by atoms with Crippen molar-refractivity contribution in [3.63, 3.8) is 0 Å². The Hall–Kier alpha value is -3.00. The lowest BCUT2D eigenvalue weighted by Crippen LogP contribution is -2.23. The molecule has 3 aromatic rings. The van der Waals surface area contributed by atoms with Gasteiger partial charge in [0.15, 0.2) is 0 Å². The highest BCUT2D eigenvalue weighted by molar-refractivity contribution is 5.78. The van der Waals surface area contributed by atoms with Crippen molar-refractivity contribution in [1.29, 1.82) is 0 Å². The molecular weight excluding hydrogens is 328 g/mol. The molecule has 136 valence electrons. The van der Waals surface area contributed by atoms with Crippen molar-refractivity contribution in [2.24, 2.45) is 0 Å². The molecule has 0 amide bonds. The van der Waals surface area contributed by atoms with E-state index in [4.69, 9.17) is 0 Å². The summed E-state index contributed by atoms with van der Waals surface area (Å²) in [5, 5.41) is 0. The molecule has 0 aliphatic carbocycles. The first kappa shape index (κ1) is 17.4. The van der Waals surface area contributed by atoms with Crippen LogP contribution in [0.1, 0.15) is 22.3 Å². The van der Waals surface area contributed by atoms with Crippen LogP contribution >= 0.6 is 0 Å². The second-order valence-electron chi connectivity index (χ2n) is 7.46. The maximum absolute atomic E-state index is 2.34. The Balaban J connectivity index is 1.75. The van der Waals surface area contributed by atoms with E-state index >= 15 is 0 Å². The fraction of sp³-hybridized carbons (Fsp3) is 0.200. The van der Waals surface area contributed by atoms with E-state index in [1.165, 1.54) is 44.8 Å². The third kappa shape index (κ3) is 3.23. The lowest BCUT2D eigenvalue weighted by molar-refractivity contribution is 0.515. The number of hydrogen-bond acceptors (Lipinski definition) is 2. The van der Waals surface area contributed by atoms with E-state index < -0.39 is 0 Å². The van der Waals surface area contributed by atoms with Crippen molar-refractivity contribution < 1.29 is 0 Å². The van der Waals surface area contributed by atoms with E-state index in [0.29, 0.717) is 0 Å². The minimum absolute atomic E-state index is 0.875. The normalized spacial score (nSPS) is 13.9. The molecule has 0 atom stereocenters. The maximum Gasteiger partial charge on any atom is 0.0944 e. The third-order valence-corrected chi connectivity index (χ3v) is 5.37. The summed E-state index contributed by atoms with van der Waals surface area (Å²) < 4.78 is 0. The lowest BCUT2D eigenvalue weighted by atomic mass is 9.94. The predicted octanol–water partition coefficient (Wildman–Crippen LogP) is 5.99. The summed E-state index contributed by atoms with van der Waals surface area (Å²) in [5.74, 6) is 0. The van der Waals surface area contributed by atoms with E-state index in [9.17, 15) is 0 Å². The van der Waals surface area contributed by atoms with Crippen molar-refractivity contribution in [3.8, 4) is 11.1 Å². The molecule has 3 aromatic carbocycles. The van der Waals surface area contributed by atoms with Gasteiger partial charge in [-0.1, -0.05) is 60.7 Å². The van der Waals surface area contributed by atoms with E-state index in [0.717, 1.165) is 6.67 Å². The minimum atomic E-state index is 0.875. The third-order valence-electron chi connectivity index (χ3n) is 5.37. The Morgan fingerprint density at radius 1 is 0.704 bits per heavy atom. The first-order valence-electron chi connectivity index (χ1n) is 9.47. The molecule has 2 heteroatoms. The van der Waals surface area contributed by atoms with Gasteiger partial charge in [0.25, 0.3) is 0 Å². The molecule has 0 aromatic heterocycles. The number of anilines is 1. The van der Waals surface area contributed by atoms with Gasteiger partial charge in [-0.05, 0) is 54.7 Å². The molecule has 0 spiro atoms. The van der Waals surface area contributed by atoms with Crippen LogP contribution in [0.5, 0.6) is 0 Å². The molecule has 1 aliphatic heterocycles. The zero-order chi connectivity index (χ0) is 19.0. The number of para-hydroxylation sites is 1. The van der Waals surface area contributed by atoms with Gasteiger partial charge in [0.05, 0.1) is 12.4 Å². The highest BCUT2D eigenvalue weighted by atomic mass is 15.3. The molecule has 27 heavy (non-hydrogen) atoms. The number of benzene rings is 3. The van der Waals surface area contributed by atoms with E-state index in [1.807, 2.05) is 0 Å². The largest absolute Gasteiger partial charge is 0.355 e. The SMILES string of the molecule is Cc1ccccc1N1C=C(c2c(C)cc(-c3ccccc3)cc2C)N(C)C1. The van der Waals surface area contributed by atoms with Gasteiger partial charge < -0.3 is 9.80 Å². The maximum atomic E-state index is 2.34. The smallest absolute Gasteiger partial charge is 0.0944 e. The Morgan fingerprint density at radius 2 is 1.33 bits per heavy atom. The van der Waals surface area contributed by atoms with Gasteiger partial charge in [0.2, 0.25) is 0 Å². The van der Waals surface area contributed by atoms with Gasteiger partial charge in [-0.3, -0.25) is 0 Å². The summed E-state index contributed by atoms with van der Waals surface area (Å²) in [6.07, 6.45) is 2.29. The number of aryl methyl sites for hydroxylation is 3. The van der Waals surface area contributed by atoms with Crippen LogP contribution in [0.2, 0.25) is 0 Å². The average molecular weight is 354 g/mol. The molecule has 4 rings (SSSR count). The second kappa shape index (κ2) is 6.96. The van der Waals surface area contributed by atoms with Crippen LogP contribution in [-0.4, -0.2) is 18.6 Å². The first-order chi connectivity index (χ1) is 13.0. The van der Waals surface area contributed by atoms with Crippen molar-refractivity contribution in [3.05, 3.63) is 95.2 Å². The fourth-order valence-electron chi connectivity index (χ4n) is 4.04. The highest BCUT2D eigenvalue weighted by Crippen LogP contribution is 2.35. The Bertz CT molecular complexity index is 979. The number of rotatable bonds is 3. The zero-order valence-electron chi connectivity index (χ0n) is 16.5. The van der Waals surface area contributed by atoms with Crippen LogP contribution in [-0.2, 0) is 0 Å². The molecule has 0 radical (unpaired) electrons. The summed E-state index contributed by atoms with van der Waals surface area (Å²) >= 11 is 0. The van der Waals surface area contributed by atoms with Crippen LogP contribution in [0.3, 0.4) is 0 Å². The monoisotopic (exact) mass is 354 g/mol. The van der Waals surface area contributed by atoms with Crippen LogP contribution in [0.25, 0.3) is 16.8 Å². The van der Waals surface area contributed by atoms with Crippen LogP contribution in [0.15, 0.2) is 72.9 Å². The quantitative estimate of drug-likeness (QED) is 0.570. The molecule has 2 nitrogen and oxygen atoms in total. The Labute approximate surface area is 162 Å². The highest BCUT2D eigenvalue weighted by Gasteiger charge is 2.23. The molecule has 1 heterocycles. The lowest BCUT2D eigenvalue weighted by Gasteiger charge is -2.22. The summed E-state index contributed by atoms with van der Waals surface area (Å²) in [5.41, 5.74) is 10.4. The minimum Gasteiger partial charge on any atom is -0.355 e.